The molecule has 1 amide bonds. The van der Waals surface area contributed by atoms with E-state index in [-0.39, 0.29) is 5.91 Å². The molecule has 0 aliphatic rings. The molecule has 0 aliphatic heterocycles. The number of carbonyl (C=O) groups is 1. The van der Waals surface area contributed by atoms with Crippen LogP contribution in [0.5, 0.6) is 11.5 Å². The minimum atomic E-state index is -0.283. The molecule has 2 heterocycles. The van der Waals surface area contributed by atoms with Gasteiger partial charge >= 0.3 is 0 Å². The van der Waals surface area contributed by atoms with Crippen LogP contribution < -0.4 is 20.5 Å². The number of hydrogen-bond acceptors (Lipinski definition) is 6. The summed E-state index contributed by atoms with van der Waals surface area (Å²) in [6, 6.07) is 33.7. The largest absolute Gasteiger partial charge is 0.493 e. The molecule has 4 aromatic carbocycles. The Morgan fingerprint density at radius 2 is 1.45 bits per heavy atom. The fourth-order valence-corrected chi connectivity index (χ4v) is 6.05. The second kappa shape index (κ2) is 11.4. The summed E-state index contributed by atoms with van der Waals surface area (Å²) in [7, 11) is 3.21. The van der Waals surface area contributed by atoms with Crippen LogP contribution in [0.3, 0.4) is 0 Å². The van der Waals surface area contributed by atoms with E-state index in [4.69, 9.17) is 20.2 Å². The first kappa shape index (κ1) is 27.1. The summed E-state index contributed by atoms with van der Waals surface area (Å²) in [6.07, 6.45) is 0. The summed E-state index contributed by atoms with van der Waals surface area (Å²) in [4.78, 5) is 19.8. The average Bonchev–Trinajstić information content (AvgIpc) is 3.37. The first-order valence-electron chi connectivity index (χ1n) is 13.4. The number of anilines is 2. The first-order valence-corrected chi connectivity index (χ1v) is 14.3. The lowest BCUT2D eigenvalue weighted by molar-refractivity contribution is 0.103. The zero-order valence-electron chi connectivity index (χ0n) is 23.5. The van der Waals surface area contributed by atoms with Gasteiger partial charge < -0.3 is 20.5 Å². The Hall–Kier alpha value is -5.14. The number of ether oxygens (including phenoxy) is 2. The minimum absolute atomic E-state index is 0.283. The van der Waals surface area contributed by atoms with E-state index in [1.807, 2.05) is 91.0 Å². The number of nitrogen functional groups attached to an aromatic ring is 1. The molecule has 6 rings (SSSR count). The van der Waals surface area contributed by atoms with Crippen molar-refractivity contribution in [2.24, 2.45) is 0 Å². The average molecular weight is 572 g/mol. The van der Waals surface area contributed by atoms with Gasteiger partial charge in [0, 0.05) is 22.2 Å². The minimum Gasteiger partial charge on any atom is -0.493 e. The Kier molecular flexibility index (Phi) is 7.33. The number of benzene rings is 4. The van der Waals surface area contributed by atoms with Crippen LogP contribution in [0.25, 0.3) is 43.7 Å². The zero-order chi connectivity index (χ0) is 29.2. The van der Waals surface area contributed by atoms with Crippen LogP contribution in [0.2, 0.25) is 0 Å². The molecule has 208 valence electrons. The van der Waals surface area contributed by atoms with Gasteiger partial charge in [0.1, 0.15) is 9.71 Å². The van der Waals surface area contributed by atoms with Crippen LogP contribution in [0.15, 0.2) is 103 Å². The molecule has 2 aromatic heterocycles. The predicted molar refractivity (Wildman–Crippen MR) is 173 cm³/mol. The van der Waals surface area contributed by atoms with Crippen LogP contribution in [0, 0.1) is 6.92 Å². The van der Waals surface area contributed by atoms with E-state index in [0.29, 0.717) is 32.6 Å². The highest BCUT2D eigenvalue weighted by Gasteiger charge is 2.23. The Morgan fingerprint density at radius 1 is 0.762 bits per heavy atom. The van der Waals surface area contributed by atoms with Gasteiger partial charge in [0.25, 0.3) is 5.91 Å². The second-order valence-corrected chi connectivity index (χ2v) is 10.9. The lowest BCUT2D eigenvalue weighted by Gasteiger charge is -2.13. The summed E-state index contributed by atoms with van der Waals surface area (Å²) in [6.45, 7) is 2.05. The number of aryl methyl sites for hydroxylation is 1. The van der Waals surface area contributed by atoms with Crippen molar-refractivity contribution in [3.05, 3.63) is 114 Å². The number of pyridine rings is 1. The van der Waals surface area contributed by atoms with Crippen LogP contribution in [-0.4, -0.2) is 25.1 Å². The molecule has 42 heavy (non-hydrogen) atoms. The van der Waals surface area contributed by atoms with Crippen LogP contribution in [0.1, 0.15) is 15.2 Å². The number of rotatable bonds is 7. The monoisotopic (exact) mass is 571 g/mol. The summed E-state index contributed by atoms with van der Waals surface area (Å²) >= 11 is 1.29. The zero-order valence-corrected chi connectivity index (χ0v) is 24.3. The van der Waals surface area contributed by atoms with E-state index in [2.05, 4.69) is 24.4 Å². The smallest absolute Gasteiger partial charge is 0.267 e. The summed E-state index contributed by atoms with van der Waals surface area (Å²) in [5.41, 5.74) is 14.5. The third-order valence-corrected chi connectivity index (χ3v) is 8.31. The van der Waals surface area contributed by atoms with Crippen molar-refractivity contribution in [1.82, 2.24) is 4.98 Å². The molecule has 0 fully saturated rings. The summed E-state index contributed by atoms with van der Waals surface area (Å²) < 4.78 is 11.1. The summed E-state index contributed by atoms with van der Waals surface area (Å²) in [5.74, 6) is 0.941. The predicted octanol–water partition coefficient (Wildman–Crippen LogP) is 8.46. The molecule has 0 spiro atoms. The maximum Gasteiger partial charge on any atom is 0.267 e. The molecule has 3 N–H and O–H groups in total. The van der Waals surface area contributed by atoms with Gasteiger partial charge in [-0.15, -0.1) is 11.3 Å². The van der Waals surface area contributed by atoms with E-state index in [1.165, 1.54) is 11.3 Å². The molecule has 0 saturated heterocycles. The Balaban J connectivity index is 1.49. The van der Waals surface area contributed by atoms with E-state index in [1.54, 1.807) is 14.2 Å². The molecule has 0 saturated carbocycles. The van der Waals surface area contributed by atoms with E-state index in [9.17, 15) is 4.79 Å². The maximum absolute atomic E-state index is 13.8. The molecule has 0 unspecified atom stereocenters. The van der Waals surface area contributed by atoms with Crippen molar-refractivity contribution in [2.45, 2.75) is 6.92 Å². The number of para-hydroxylation sites is 1. The number of nitrogens with two attached hydrogens (primary N) is 1. The van der Waals surface area contributed by atoms with Crippen molar-refractivity contribution in [2.75, 3.05) is 25.3 Å². The number of fused-ring (bicyclic) bond motifs is 1. The number of amides is 1. The Morgan fingerprint density at radius 3 is 2.19 bits per heavy atom. The normalized spacial score (nSPS) is 10.9. The molecule has 7 heteroatoms. The number of hydrogen-bond donors (Lipinski definition) is 2. The van der Waals surface area contributed by atoms with Crippen molar-refractivity contribution in [3.8, 4) is 45.0 Å². The quantitative estimate of drug-likeness (QED) is 0.201. The van der Waals surface area contributed by atoms with Crippen LogP contribution >= 0.6 is 11.3 Å². The lowest BCUT2D eigenvalue weighted by atomic mass is 9.98. The number of carbonyl (C=O) groups excluding carboxylic acids is 1. The molecule has 6 nitrogen and oxygen atoms in total. The molecule has 0 bridgehead atoms. The molecule has 0 atom stereocenters. The number of thiophene rings is 1. The van der Waals surface area contributed by atoms with Gasteiger partial charge in [-0.1, -0.05) is 84.4 Å². The Labute approximate surface area is 248 Å². The molecule has 6 aromatic rings. The number of aromatic nitrogens is 1. The molecule has 0 radical (unpaired) electrons. The van der Waals surface area contributed by atoms with Gasteiger partial charge in [0.15, 0.2) is 11.5 Å². The van der Waals surface area contributed by atoms with Crippen LogP contribution in [-0.2, 0) is 0 Å². The first-order chi connectivity index (χ1) is 20.5. The molecular formula is C35H29N3O3S. The molecule has 0 aliphatic carbocycles. The van der Waals surface area contributed by atoms with E-state index >= 15 is 0 Å². The van der Waals surface area contributed by atoms with Gasteiger partial charge in [0.2, 0.25) is 0 Å². The maximum atomic E-state index is 13.8. The fourth-order valence-electron chi connectivity index (χ4n) is 5.03. The Bertz CT molecular complexity index is 1910. The highest BCUT2D eigenvalue weighted by atomic mass is 32.1. The highest BCUT2D eigenvalue weighted by Crippen LogP contribution is 2.43. The third-order valence-electron chi connectivity index (χ3n) is 7.21. The van der Waals surface area contributed by atoms with Gasteiger partial charge in [-0.05, 0) is 47.9 Å². The SMILES string of the molecule is COc1ccc(-c2cc(-c3ccc(C)cc3)nc3sc(C(=O)Nc4ccccc4-c4ccccc4)c(N)c23)cc1OC. The number of methoxy groups -OCH3 is 2. The van der Waals surface area contributed by atoms with Crippen molar-refractivity contribution < 1.29 is 14.3 Å². The number of nitrogens with one attached hydrogen (secondary N) is 1. The van der Waals surface area contributed by atoms with Gasteiger partial charge in [-0.25, -0.2) is 4.98 Å². The second-order valence-electron chi connectivity index (χ2n) is 9.88. The van der Waals surface area contributed by atoms with Crippen LogP contribution in [0.4, 0.5) is 11.4 Å². The summed E-state index contributed by atoms with van der Waals surface area (Å²) in [5, 5.41) is 3.83. The number of nitrogens with zero attached hydrogens (tertiary/aromatic N) is 1. The van der Waals surface area contributed by atoms with E-state index in [0.717, 1.165) is 44.5 Å². The topological polar surface area (TPSA) is 86.5 Å². The molecular weight excluding hydrogens is 542 g/mol. The van der Waals surface area contributed by atoms with Crippen molar-refractivity contribution in [1.29, 1.82) is 0 Å². The van der Waals surface area contributed by atoms with Gasteiger partial charge in [-0.3, -0.25) is 4.79 Å². The van der Waals surface area contributed by atoms with Crippen molar-refractivity contribution >= 4 is 38.8 Å². The van der Waals surface area contributed by atoms with Gasteiger partial charge in [0.05, 0.1) is 25.6 Å². The van der Waals surface area contributed by atoms with E-state index < -0.39 is 0 Å². The van der Waals surface area contributed by atoms with Crippen molar-refractivity contribution in [3.63, 3.8) is 0 Å². The van der Waals surface area contributed by atoms with Gasteiger partial charge in [-0.2, -0.15) is 0 Å². The highest BCUT2D eigenvalue weighted by molar-refractivity contribution is 7.21. The standard InChI is InChI=1S/C35H29N3O3S/c1-21-13-15-23(16-14-21)28-20-26(24-17-18-29(40-2)30(19-24)41-3)31-32(36)33(42-35(31)38-28)34(39)37-27-12-8-7-11-25(27)22-9-5-4-6-10-22/h4-20H,36H2,1-3H3,(H,37,39). The fraction of sp³-hybridized carbons (Fsp3) is 0.0857. The lowest BCUT2D eigenvalue weighted by Crippen LogP contribution is -2.12. The third kappa shape index (κ3) is 5.06.